The number of rotatable bonds is 4. The second-order valence-corrected chi connectivity index (χ2v) is 8.35. The molecular weight excluding hydrogens is 370 g/mol. The first-order chi connectivity index (χ1) is 13.9. The number of halogens is 2. The van der Waals surface area contributed by atoms with E-state index in [1.165, 1.54) is 18.2 Å². The Morgan fingerprint density at radius 1 is 1.10 bits per heavy atom. The smallest absolute Gasteiger partial charge is 0.224 e. The van der Waals surface area contributed by atoms with Crippen LogP contribution in [0.1, 0.15) is 50.5 Å². The van der Waals surface area contributed by atoms with Crippen LogP contribution in [0.15, 0.2) is 54.7 Å². The molecule has 3 nitrogen and oxygen atoms in total. The lowest BCUT2D eigenvalue weighted by molar-refractivity contribution is -0.118. The molecule has 0 saturated heterocycles. The van der Waals surface area contributed by atoms with Gasteiger partial charge in [-0.1, -0.05) is 19.1 Å². The molecule has 150 valence electrons. The Kier molecular flexibility index (Phi) is 5.31. The Bertz CT molecular complexity index is 1020. The molecule has 0 spiro atoms. The largest absolute Gasteiger partial charge is 0.326 e. The first-order valence-corrected chi connectivity index (χ1v) is 10.0. The monoisotopic (exact) mass is 394 g/mol. The van der Waals surface area contributed by atoms with Crippen LogP contribution in [-0.4, -0.2) is 10.9 Å². The number of amides is 1. The SMILES string of the molecule is CC1(CC(=O)Nc2ccc(F)cc2)CCC(c2ccnc3c(F)cccc23)CC1. The van der Waals surface area contributed by atoms with Gasteiger partial charge in [0.05, 0.1) is 0 Å². The lowest BCUT2D eigenvalue weighted by atomic mass is 9.68. The third kappa shape index (κ3) is 4.29. The molecule has 29 heavy (non-hydrogen) atoms. The lowest BCUT2D eigenvalue weighted by Crippen LogP contribution is -2.29. The number of nitrogens with zero attached hydrogens (tertiary/aromatic N) is 1. The fourth-order valence-electron chi connectivity index (χ4n) is 4.45. The quantitative estimate of drug-likeness (QED) is 0.572. The molecule has 1 fully saturated rings. The van der Waals surface area contributed by atoms with Gasteiger partial charge in [0.25, 0.3) is 0 Å². The molecule has 0 bridgehead atoms. The van der Waals surface area contributed by atoms with Crippen LogP contribution in [0.4, 0.5) is 14.5 Å². The number of benzene rings is 2. The number of anilines is 1. The Labute approximate surface area is 169 Å². The minimum Gasteiger partial charge on any atom is -0.326 e. The number of hydrogen-bond acceptors (Lipinski definition) is 2. The number of nitrogens with one attached hydrogen (secondary N) is 1. The fourth-order valence-corrected chi connectivity index (χ4v) is 4.45. The summed E-state index contributed by atoms with van der Waals surface area (Å²) in [5.74, 6) is -0.316. The van der Waals surface area contributed by atoms with E-state index < -0.39 is 0 Å². The number of aromatic nitrogens is 1. The highest BCUT2D eigenvalue weighted by molar-refractivity contribution is 5.91. The van der Waals surface area contributed by atoms with E-state index >= 15 is 0 Å². The Balaban J connectivity index is 1.41. The van der Waals surface area contributed by atoms with Crippen molar-refractivity contribution in [1.82, 2.24) is 4.98 Å². The molecule has 1 N–H and O–H groups in total. The molecule has 0 unspecified atom stereocenters. The van der Waals surface area contributed by atoms with Crippen LogP contribution in [-0.2, 0) is 4.79 Å². The predicted octanol–water partition coefficient (Wildman–Crippen LogP) is 6.21. The molecule has 0 atom stereocenters. The predicted molar refractivity (Wildman–Crippen MR) is 111 cm³/mol. The zero-order valence-electron chi connectivity index (χ0n) is 16.4. The van der Waals surface area contributed by atoms with Gasteiger partial charge in [0.2, 0.25) is 5.91 Å². The summed E-state index contributed by atoms with van der Waals surface area (Å²) in [4.78, 5) is 16.7. The molecule has 2 aromatic carbocycles. The van der Waals surface area contributed by atoms with Crippen molar-refractivity contribution in [3.05, 3.63) is 71.9 Å². The molecule has 1 heterocycles. The van der Waals surface area contributed by atoms with Crippen LogP contribution in [0.3, 0.4) is 0 Å². The van der Waals surface area contributed by atoms with E-state index in [9.17, 15) is 13.6 Å². The molecule has 1 aliphatic carbocycles. The van der Waals surface area contributed by atoms with Crippen molar-refractivity contribution in [2.45, 2.75) is 44.9 Å². The average Bonchev–Trinajstić information content (AvgIpc) is 2.70. The third-order valence-corrected chi connectivity index (χ3v) is 6.10. The van der Waals surface area contributed by atoms with E-state index in [4.69, 9.17) is 0 Å². The summed E-state index contributed by atoms with van der Waals surface area (Å²) in [5, 5.41) is 3.74. The maximum atomic E-state index is 14.1. The van der Waals surface area contributed by atoms with Crippen molar-refractivity contribution in [1.29, 1.82) is 0 Å². The van der Waals surface area contributed by atoms with Crippen LogP contribution in [0.5, 0.6) is 0 Å². The normalized spacial score (nSPS) is 21.8. The third-order valence-electron chi connectivity index (χ3n) is 6.10. The number of carbonyl (C=O) groups excluding carboxylic acids is 1. The van der Waals surface area contributed by atoms with Gasteiger partial charge < -0.3 is 5.32 Å². The summed E-state index contributed by atoms with van der Waals surface area (Å²) >= 11 is 0. The van der Waals surface area contributed by atoms with Gasteiger partial charge in [-0.2, -0.15) is 0 Å². The maximum Gasteiger partial charge on any atom is 0.224 e. The molecule has 1 saturated carbocycles. The van der Waals surface area contributed by atoms with E-state index in [2.05, 4.69) is 17.2 Å². The van der Waals surface area contributed by atoms with Gasteiger partial charge in [0, 0.05) is 23.7 Å². The molecule has 0 aliphatic heterocycles. The minimum absolute atomic E-state index is 0.0472. The first kappa shape index (κ1) is 19.5. The van der Waals surface area contributed by atoms with Crippen LogP contribution < -0.4 is 5.32 Å². The summed E-state index contributed by atoms with van der Waals surface area (Å²) in [7, 11) is 0. The van der Waals surface area contributed by atoms with Crippen molar-refractivity contribution in [3.63, 3.8) is 0 Å². The molecular formula is C24H24F2N2O. The second kappa shape index (κ2) is 7.90. The minimum atomic E-state index is -0.322. The topological polar surface area (TPSA) is 42.0 Å². The average molecular weight is 394 g/mol. The van der Waals surface area contributed by atoms with Crippen LogP contribution in [0.25, 0.3) is 10.9 Å². The van der Waals surface area contributed by atoms with Crippen LogP contribution in [0, 0.1) is 17.0 Å². The molecule has 1 aromatic heterocycles. The van der Waals surface area contributed by atoms with Crippen LogP contribution in [0.2, 0.25) is 0 Å². The van der Waals surface area contributed by atoms with Crippen molar-refractivity contribution in [2.24, 2.45) is 5.41 Å². The van der Waals surface area contributed by atoms with Gasteiger partial charge in [-0.05, 0) is 79.0 Å². The molecule has 1 aliphatic rings. The summed E-state index contributed by atoms with van der Waals surface area (Å²) < 4.78 is 27.1. The Morgan fingerprint density at radius 2 is 1.83 bits per heavy atom. The zero-order chi connectivity index (χ0) is 20.4. The number of carbonyl (C=O) groups is 1. The van der Waals surface area contributed by atoms with Gasteiger partial charge in [-0.15, -0.1) is 0 Å². The van der Waals surface area contributed by atoms with Crippen molar-refractivity contribution in [3.8, 4) is 0 Å². The Morgan fingerprint density at radius 3 is 2.55 bits per heavy atom. The van der Waals surface area contributed by atoms with E-state index in [0.717, 1.165) is 36.6 Å². The standard InChI is InChI=1S/C24H24F2N2O/c1-24(15-22(29)28-18-7-5-17(25)6-8-18)12-9-16(10-13-24)19-11-14-27-23-20(19)3-2-4-21(23)26/h2-8,11,14,16H,9-10,12-13,15H2,1H3,(H,28,29). The van der Waals surface area contributed by atoms with E-state index in [1.54, 1.807) is 24.4 Å². The second-order valence-electron chi connectivity index (χ2n) is 8.35. The molecule has 5 heteroatoms. The highest BCUT2D eigenvalue weighted by Gasteiger charge is 2.34. The van der Waals surface area contributed by atoms with E-state index in [-0.39, 0.29) is 23.0 Å². The van der Waals surface area contributed by atoms with Crippen molar-refractivity contribution in [2.75, 3.05) is 5.32 Å². The van der Waals surface area contributed by atoms with Gasteiger partial charge in [0.1, 0.15) is 17.2 Å². The highest BCUT2D eigenvalue weighted by atomic mass is 19.1. The van der Waals surface area contributed by atoms with Gasteiger partial charge in [0.15, 0.2) is 0 Å². The summed E-state index contributed by atoms with van der Waals surface area (Å²) in [6, 6.07) is 12.9. The number of para-hydroxylation sites is 1. The summed E-state index contributed by atoms with van der Waals surface area (Å²) in [5.41, 5.74) is 2.11. The lowest BCUT2D eigenvalue weighted by Gasteiger charge is -2.37. The van der Waals surface area contributed by atoms with Gasteiger partial charge in [-0.25, -0.2) is 8.78 Å². The maximum absolute atomic E-state index is 14.1. The molecule has 4 rings (SSSR count). The van der Waals surface area contributed by atoms with Gasteiger partial charge in [-0.3, -0.25) is 9.78 Å². The van der Waals surface area contributed by atoms with Crippen LogP contribution >= 0.6 is 0 Å². The summed E-state index contributed by atoms with van der Waals surface area (Å²) in [6.07, 6.45) is 5.88. The number of fused-ring (bicyclic) bond motifs is 1. The molecule has 0 radical (unpaired) electrons. The van der Waals surface area contributed by atoms with Crippen molar-refractivity contribution < 1.29 is 13.6 Å². The fraction of sp³-hybridized carbons (Fsp3) is 0.333. The van der Waals surface area contributed by atoms with Crippen molar-refractivity contribution >= 4 is 22.5 Å². The molecule has 3 aromatic rings. The zero-order valence-corrected chi connectivity index (χ0v) is 16.4. The van der Waals surface area contributed by atoms with E-state index in [0.29, 0.717) is 23.5 Å². The molecule has 1 amide bonds. The number of pyridine rings is 1. The van der Waals surface area contributed by atoms with E-state index in [1.807, 2.05) is 12.1 Å². The number of hydrogen-bond donors (Lipinski definition) is 1. The Hall–Kier alpha value is -2.82. The highest BCUT2D eigenvalue weighted by Crippen LogP contribution is 2.46. The first-order valence-electron chi connectivity index (χ1n) is 10.0. The summed E-state index contributed by atoms with van der Waals surface area (Å²) in [6.45, 7) is 2.15. The van der Waals surface area contributed by atoms with Gasteiger partial charge >= 0.3 is 0 Å².